The third-order valence-electron chi connectivity index (χ3n) is 8.18. The van der Waals surface area contributed by atoms with E-state index >= 15 is 0 Å². The highest BCUT2D eigenvalue weighted by Crippen LogP contribution is 2.51. The van der Waals surface area contributed by atoms with E-state index in [1.807, 2.05) is 42.5 Å². The van der Waals surface area contributed by atoms with Crippen molar-refractivity contribution in [3.8, 4) is 12.3 Å². The molecular formula is C36H35N3O5. The van der Waals surface area contributed by atoms with Crippen molar-refractivity contribution in [2.75, 3.05) is 43.5 Å². The zero-order valence-electron chi connectivity index (χ0n) is 24.6. The van der Waals surface area contributed by atoms with Crippen molar-refractivity contribution in [1.29, 1.82) is 0 Å². The van der Waals surface area contributed by atoms with Gasteiger partial charge in [0.15, 0.2) is 0 Å². The van der Waals surface area contributed by atoms with Gasteiger partial charge < -0.3 is 24.8 Å². The zero-order valence-corrected chi connectivity index (χ0v) is 24.6. The number of terminal acetylenes is 1. The molecule has 8 nitrogen and oxygen atoms in total. The average molecular weight is 590 g/mol. The molecule has 8 heteroatoms. The summed E-state index contributed by atoms with van der Waals surface area (Å²) in [6.07, 6.45) is 8.64. The van der Waals surface area contributed by atoms with Gasteiger partial charge in [-0.25, -0.2) is 4.79 Å². The number of morpholine rings is 1. The fourth-order valence-electron chi connectivity index (χ4n) is 6.07. The molecule has 0 saturated carbocycles. The largest absolute Gasteiger partial charge is 0.463 e. The van der Waals surface area contributed by atoms with Crippen LogP contribution in [-0.2, 0) is 30.3 Å². The lowest BCUT2D eigenvalue weighted by Gasteiger charge is -2.36. The van der Waals surface area contributed by atoms with Crippen LogP contribution in [0, 0.1) is 12.3 Å². The predicted octanol–water partition coefficient (Wildman–Crippen LogP) is 4.86. The lowest BCUT2D eigenvalue weighted by Crippen LogP contribution is -2.42. The smallest absolute Gasteiger partial charge is 0.337 e. The molecular weight excluding hydrogens is 554 g/mol. The molecule has 0 spiro atoms. The zero-order chi connectivity index (χ0) is 30.5. The van der Waals surface area contributed by atoms with Crippen LogP contribution in [0.1, 0.15) is 29.7 Å². The molecule has 1 fully saturated rings. The quantitative estimate of drug-likeness (QED) is 0.198. The van der Waals surface area contributed by atoms with Crippen molar-refractivity contribution in [2.45, 2.75) is 31.2 Å². The molecule has 224 valence electrons. The Morgan fingerprint density at radius 1 is 1.05 bits per heavy atom. The molecule has 44 heavy (non-hydrogen) atoms. The van der Waals surface area contributed by atoms with Crippen LogP contribution in [-0.4, -0.2) is 61.4 Å². The highest BCUT2D eigenvalue weighted by atomic mass is 16.5. The van der Waals surface area contributed by atoms with Crippen molar-refractivity contribution < 1.29 is 23.8 Å². The van der Waals surface area contributed by atoms with Crippen molar-refractivity contribution >= 4 is 23.3 Å². The van der Waals surface area contributed by atoms with Crippen molar-refractivity contribution in [3.63, 3.8) is 0 Å². The van der Waals surface area contributed by atoms with E-state index < -0.39 is 29.6 Å². The summed E-state index contributed by atoms with van der Waals surface area (Å²) in [4.78, 5) is 30.0. The van der Waals surface area contributed by atoms with Crippen LogP contribution in [0.25, 0.3) is 0 Å². The highest BCUT2D eigenvalue weighted by molar-refractivity contribution is 6.12. The fraction of sp³-hybridized carbons (Fsp3) is 0.278. The molecule has 1 amide bonds. The summed E-state index contributed by atoms with van der Waals surface area (Å²) in [5, 5.41) is 6.52. The van der Waals surface area contributed by atoms with Gasteiger partial charge in [-0.15, -0.1) is 6.42 Å². The number of benzene rings is 3. The monoisotopic (exact) mass is 589 g/mol. The molecule has 0 aliphatic carbocycles. The molecule has 3 aromatic rings. The third-order valence-corrected chi connectivity index (χ3v) is 8.18. The van der Waals surface area contributed by atoms with Crippen molar-refractivity contribution in [2.24, 2.45) is 0 Å². The molecule has 3 unspecified atom stereocenters. The normalized spacial score (nSPS) is 21.5. The maximum absolute atomic E-state index is 13.9. The summed E-state index contributed by atoms with van der Waals surface area (Å²) >= 11 is 0. The first-order valence-corrected chi connectivity index (χ1v) is 14.9. The number of amides is 1. The van der Waals surface area contributed by atoms with E-state index in [9.17, 15) is 9.59 Å². The van der Waals surface area contributed by atoms with Gasteiger partial charge in [0.2, 0.25) is 0 Å². The number of carbonyl (C=O) groups is 2. The first-order chi connectivity index (χ1) is 21.5. The standard InChI is InChI=1S/C36H35N3O5/c1-3-26-10-8-9-13-29(26)38-34(40)31-30-18-19-36(44-30,32(31)35(41)43-4-2)33(37-28-11-6-5-7-12-28)27-16-14-25(15-17-27)24-39-20-22-42-23-21-39/h1,5-19,30,33,37H,4,20-24H2,2H3,(H,38,40). The molecule has 3 aliphatic rings. The second-order valence-corrected chi connectivity index (χ2v) is 10.9. The first-order valence-electron chi connectivity index (χ1n) is 14.9. The molecule has 0 aromatic heterocycles. The van der Waals surface area contributed by atoms with Gasteiger partial charge in [0.25, 0.3) is 5.91 Å². The molecule has 2 bridgehead atoms. The molecule has 3 aromatic carbocycles. The Balaban J connectivity index is 1.40. The number of rotatable bonds is 10. The number of nitrogens with one attached hydrogen (secondary N) is 2. The van der Waals surface area contributed by atoms with E-state index in [2.05, 4.69) is 45.7 Å². The number of ether oxygens (including phenoxy) is 3. The summed E-state index contributed by atoms with van der Waals surface area (Å²) in [6, 6.07) is 24.6. The lowest BCUT2D eigenvalue weighted by molar-refractivity contribution is -0.140. The minimum absolute atomic E-state index is 0.147. The number of esters is 1. The van der Waals surface area contributed by atoms with Gasteiger partial charge in [-0.1, -0.05) is 66.6 Å². The topological polar surface area (TPSA) is 89.1 Å². The number of hydrogen-bond acceptors (Lipinski definition) is 7. The van der Waals surface area contributed by atoms with E-state index in [-0.39, 0.29) is 17.8 Å². The van der Waals surface area contributed by atoms with E-state index in [0.717, 1.165) is 44.1 Å². The Labute approximate surface area is 257 Å². The van der Waals surface area contributed by atoms with Gasteiger partial charge in [-0.05, 0) is 48.4 Å². The van der Waals surface area contributed by atoms with Crippen LogP contribution in [0.3, 0.4) is 0 Å². The van der Waals surface area contributed by atoms with Crippen LogP contribution in [0.4, 0.5) is 11.4 Å². The maximum atomic E-state index is 13.9. The summed E-state index contributed by atoms with van der Waals surface area (Å²) in [7, 11) is 0. The number of fused-ring (bicyclic) bond motifs is 2. The molecule has 0 radical (unpaired) electrons. The molecule has 2 N–H and O–H groups in total. The van der Waals surface area contributed by atoms with Crippen molar-refractivity contribution in [1.82, 2.24) is 4.90 Å². The summed E-state index contributed by atoms with van der Waals surface area (Å²) in [6.45, 7) is 5.98. The van der Waals surface area contributed by atoms with Crippen LogP contribution in [0.15, 0.2) is 102 Å². The van der Waals surface area contributed by atoms with Gasteiger partial charge in [-0.3, -0.25) is 9.69 Å². The number of hydrogen-bond donors (Lipinski definition) is 2. The summed E-state index contributed by atoms with van der Waals surface area (Å²) in [5.74, 6) is 1.53. The molecule has 3 aliphatic heterocycles. The average Bonchev–Trinajstić information content (AvgIpc) is 3.64. The van der Waals surface area contributed by atoms with E-state index in [1.165, 1.54) is 5.56 Å². The van der Waals surface area contributed by atoms with E-state index in [0.29, 0.717) is 11.3 Å². The molecule has 1 saturated heterocycles. The highest BCUT2D eigenvalue weighted by Gasteiger charge is 2.58. The Morgan fingerprint density at radius 3 is 2.50 bits per heavy atom. The number of para-hydroxylation sites is 2. The third kappa shape index (κ3) is 5.78. The van der Waals surface area contributed by atoms with Crippen molar-refractivity contribution in [3.05, 3.63) is 119 Å². The second-order valence-electron chi connectivity index (χ2n) is 10.9. The van der Waals surface area contributed by atoms with Gasteiger partial charge >= 0.3 is 5.97 Å². The van der Waals surface area contributed by atoms with Crippen LogP contribution in [0.2, 0.25) is 0 Å². The second kappa shape index (κ2) is 12.9. The van der Waals surface area contributed by atoms with E-state index in [4.69, 9.17) is 20.6 Å². The SMILES string of the molecule is C#Cc1ccccc1NC(=O)C1=C(C(=O)OCC)C2(C(Nc3ccccc3)c3ccc(CN4CCOCC4)cc3)C=CC1O2. The minimum Gasteiger partial charge on any atom is -0.463 e. The predicted molar refractivity (Wildman–Crippen MR) is 169 cm³/mol. The van der Waals surface area contributed by atoms with Crippen LogP contribution in [0.5, 0.6) is 0 Å². The Kier molecular flexibility index (Phi) is 8.62. The molecule has 3 heterocycles. The van der Waals surface area contributed by atoms with Gasteiger partial charge in [-0.2, -0.15) is 0 Å². The molecule has 6 rings (SSSR count). The van der Waals surface area contributed by atoms with Gasteiger partial charge in [0.05, 0.1) is 42.7 Å². The number of carbonyl (C=O) groups excluding carboxylic acids is 2. The number of anilines is 2. The Hall–Kier alpha value is -4.68. The van der Waals surface area contributed by atoms with E-state index in [1.54, 1.807) is 31.2 Å². The maximum Gasteiger partial charge on any atom is 0.337 e. The Bertz CT molecular complexity index is 1620. The van der Waals surface area contributed by atoms with Gasteiger partial charge in [0, 0.05) is 30.9 Å². The Morgan fingerprint density at radius 2 is 1.77 bits per heavy atom. The number of nitrogens with zero attached hydrogens (tertiary/aromatic N) is 1. The molecule has 3 atom stereocenters. The van der Waals surface area contributed by atoms with Crippen LogP contribution < -0.4 is 10.6 Å². The minimum atomic E-state index is -1.31. The summed E-state index contributed by atoms with van der Waals surface area (Å²) in [5.41, 5.74) is 3.00. The van der Waals surface area contributed by atoms with Gasteiger partial charge in [0.1, 0.15) is 11.7 Å². The van der Waals surface area contributed by atoms with Crippen LogP contribution >= 0.6 is 0 Å². The summed E-state index contributed by atoms with van der Waals surface area (Å²) < 4.78 is 17.7. The first kappa shape index (κ1) is 29.4. The lowest BCUT2D eigenvalue weighted by atomic mass is 9.78. The fourth-order valence-corrected chi connectivity index (χ4v) is 6.07.